The van der Waals surface area contributed by atoms with Crippen LogP contribution in [0.15, 0.2) is 0 Å². The van der Waals surface area contributed by atoms with E-state index in [1.807, 2.05) is 0 Å². The molecule has 0 aliphatic heterocycles. The van der Waals surface area contributed by atoms with Crippen molar-refractivity contribution < 1.29 is 31.1 Å². The van der Waals surface area contributed by atoms with E-state index in [1.165, 1.54) is 103 Å². The Morgan fingerprint density at radius 1 is 0.515 bits per heavy atom. The van der Waals surface area contributed by atoms with Crippen LogP contribution in [-0.2, 0) is 14.2 Å². The van der Waals surface area contributed by atoms with Gasteiger partial charge in [0.2, 0.25) is 0 Å². The predicted molar refractivity (Wildman–Crippen MR) is 139 cm³/mol. The Morgan fingerprint density at radius 2 is 0.818 bits per heavy atom. The fourth-order valence-corrected chi connectivity index (χ4v) is 5.21. The number of ether oxygens (including phenoxy) is 3. The molecule has 0 saturated heterocycles. The second kappa shape index (κ2) is 24.1. The normalized spacial score (nSPS) is 12.2. The van der Waals surface area contributed by atoms with Crippen molar-refractivity contribution in [2.45, 2.75) is 135 Å². The first-order valence-electron chi connectivity index (χ1n) is 13.8. The Bertz CT molecular complexity index is 369. The van der Waals surface area contributed by atoms with Crippen LogP contribution >= 0.6 is 0 Å². The lowest BCUT2D eigenvalue weighted by Crippen LogP contribution is -3.00. The number of nitrogens with zero attached hydrogens (tertiary/aromatic N) is 1. The highest BCUT2D eigenvalue weighted by Gasteiger charge is 2.53. The lowest BCUT2D eigenvalue weighted by atomic mass is 10.1. The summed E-state index contributed by atoms with van der Waals surface area (Å²) in [6, 6.07) is 0.988. The zero-order chi connectivity index (χ0) is 24.0. The van der Waals surface area contributed by atoms with Crippen molar-refractivity contribution in [2.75, 3.05) is 41.0 Å². The summed E-state index contributed by atoms with van der Waals surface area (Å²) in [5.74, 6) is 0. The highest BCUT2D eigenvalue weighted by Crippen LogP contribution is 2.32. The SMILES string of the molecule is CCCCCCCCCC[N+](CCC[Si])(CCCCCCCCCC)C(OC)(OC)OC.[Cl-]. The van der Waals surface area contributed by atoms with Gasteiger partial charge in [-0.2, -0.15) is 0 Å². The first kappa shape index (κ1) is 35.5. The Balaban J connectivity index is 0. The van der Waals surface area contributed by atoms with Crippen LogP contribution in [0.1, 0.15) is 123 Å². The molecule has 0 rings (SSSR count). The van der Waals surface area contributed by atoms with Crippen molar-refractivity contribution >= 4 is 10.2 Å². The molecular formula is C27H57ClNO3Si. The molecule has 0 amide bonds. The maximum Gasteiger partial charge on any atom is 0.448 e. The molecule has 33 heavy (non-hydrogen) atoms. The molecule has 0 bridgehead atoms. The zero-order valence-electron chi connectivity index (χ0n) is 22.9. The summed E-state index contributed by atoms with van der Waals surface area (Å²) in [5.41, 5.74) is 0. The number of halogens is 1. The molecule has 0 saturated carbocycles. The molecule has 0 heterocycles. The van der Waals surface area contributed by atoms with Crippen molar-refractivity contribution in [3.63, 3.8) is 0 Å². The fourth-order valence-electron chi connectivity index (χ4n) is 5.06. The van der Waals surface area contributed by atoms with Crippen LogP contribution in [0.5, 0.6) is 0 Å². The molecule has 0 aromatic heterocycles. The summed E-state index contributed by atoms with van der Waals surface area (Å²) in [7, 11) is 8.89. The van der Waals surface area contributed by atoms with Crippen LogP contribution in [-0.4, -0.2) is 61.8 Å². The first-order chi connectivity index (χ1) is 15.6. The summed E-state index contributed by atoms with van der Waals surface area (Å²) in [6.45, 7) is 7.67. The second-order valence-electron chi connectivity index (χ2n) is 9.51. The van der Waals surface area contributed by atoms with Crippen LogP contribution in [0, 0.1) is 0 Å². The number of unbranched alkanes of at least 4 members (excludes halogenated alkanes) is 14. The van der Waals surface area contributed by atoms with Crippen LogP contribution in [0.2, 0.25) is 6.04 Å². The molecule has 0 atom stereocenters. The number of quaternary nitrogens is 1. The van der Waals surface area contributed by atoms with E-state index in [9.17, 15) is 0 Å². The molecule has 0 aromatic rings. The highest BCUT2D eigenvalue weighted by molar-refractivity contribution is 6.08. The van der Waals surface area contributed by atoms with Crippen molar-refractivity contribution in [1.82, 2.24) is 0 Å². The predicted octanol–water partition coefficient (Wildman–Crippen LogP) is 4.62. The topological polar surface area (TPSA) is 27.7 Å². The van der Waals surface area contributed by atoms with E-state index in [0.29, 0.717) is 0 Å². The molecule has 3 radical (unpaired) electrons. The van der Waals surface area contributed by atoms with Gasteiger partial charge in [-0.15, -0.1) is 0 Å². The van der Waals surface area contributed by atoms with Gasteiger partial charge in [0.15, 0.2) is 0 Å². The van der Waals surface area contributed by atoms with Gasteiger partial charge in [-0.05, 0) is 32.1 Å². The van der Waals surface area contributed by atoms with Gasteiger partial charge >= 0.3 is 6.10 Å². The number of methoxy groups -OCH3 is 3. The van der Waals surface area contributed by atoms with Crippen LogP contribution in [0.3, 0.4) is 0 Å². The molecule has 0 aliphatic rings. The van der Waals surface area contributed by atoms with Gasteiger partial charge in [0.25, 0.3) is 0 Å². The van der Waals surface area contributed by atoms with Crippen LogP contribution in [0.4, 0.5) is 0 Å². The van der Waals surface area contributed by atoms with Gasteiger partial charge in [0, 0.05) is 31.6 Å². The van der Waals surface area contributed by atoms with Crippen LogP contribution < -0.4 is 12.4 Å². The Kier molecular flexibility index (Phi) is 25.9. The average molecular weight is 507 g/mol. The molecular weight excluding hydrogens is 450 g/mol. The molecule has 0 spiro atoms. The van der Waals surface area contributed by atoms with Crippen molar-refractivity contribution in [3.8, 4) is 0 Å². The lowest BCUT2D eigenvalue weighted by Gasteiger charge is -2.48. The summed E-state index contributed by atoms with van der Waals surface area (Å²) in [5, 5.41) is 0. The quantitative estimate of drug-likeness (QED) is 0.0782. The summed E-state index contributed by atoms with van der Waals surface area (Å²) in [6.07, 6.45) is 21.4. The lowest BCUT2D eigenvalue weighted by molar-refractivity contribution is -1.05. The third-order valence-electron chi connectivity index (χ3n) is 7.00. The first-order valence-corrected chi connectivity index (χ1v) is 14.5. The fraction of sp³-hybridized carbons (Fsp3) is 1.00. The van der Waals surface area contributed by atoms with E-state index in [1.54, 1.807) is 21.3 Å². The molecule has 0 fully saturated rings. The van der Waals surface area contributed by atoms with E-state index in [2.05, 4.69) is 24.1 Å². The number of rotatable bonds is 25. The standard InChI is InChI=1S/C27H57NO3Si.ClH/c1-6-8-10-12-14-16-18-20-23-28(25-22-26-32,27(29-3,30-4)31-5)24-21-19-17-15-13-11-9-7-2;/h6-26H2,1-5H3;1H/q+1;/p-1. The Labute approximate surface area is 217 Å². The number of hydrogen-bond acceptors (Lipinski definition) is 3. The molecule has 0 N–H and O–H groups in total. The van der Waals surface area contributed by atoms with Gasteiger partial charge in [-0.25, -0.2) is 4.48 Å². The van der Waals surface area contributed by atoms with Crippen molar-refractivity contribution in [3.05, 3.63) is 0 Å². The molecule has 4 nitrogen and oxygen atoms in total. The Hall–Kier alpha value is 0.347. The van der Waals surface area contributed by atoms with Crippen molar-refractivity contribution in [2.24, 2.45) is 0 Å². The minimum absolute atomic E-state index is 0. The minimum atomic E-state index is -1.01. The zero-order valence-corrected chi connectivity index (χ0v) is 24.7. The van der Waals surface area contributed by atoms with E-state index < -0.39 is 6.10 Å². The summed E-state index contributed by atoms with van der Waals surface area (Å²) < 4.78 is 18.6. The van der Waals surface area contributed by atoms with Gasteiger partial charge in [-0.1, -0.05) is 96.9 Å². The third kappa shape index (κ3) is 14.5. The van der Waals surface area contributed by atoms with E-state index in [0.717, 1.165) is 36.6 Å². The van der Waals surface area contributed by atoms with Gasteiger partial charge in [0.05, 0.1) is 19.6 Å². The van der Waals surface area contributed by atoms with Gasteiger partial charge < -0.3 is 12.4 Å². The molecule has 0 aliphatic carbocycles. The van der Waals surface area contributed by atoms with E-state index in [-0.39, 0.29) is 12.4 Å². The smallest absolute Gasteiger partial charge is 0.448 e. The monoisotopic (exact) mass is 506 g/mol. The average Bonchev–Trinajstić information content (AvgIpc) is 2.82. The summed E-state index contributed by atoms with van der Waals surface area (Å²) in [4.78, 5) is 0. The van der Waals surface area contributed by atoms with Crippen molar-refractivity contribution in [1.29, 1.82) is 0 Å². The molecule has 6 heteroatoms. The summed E-state index contributed by atoms with van der Waals surface area (Å²) >= 11 is 0. The maximum atomic E-state index is 5.96. The Morgan fingerprint density at radius 3 is 1.12 bits per heavy atom. The van der Waals surface area contributed by atoms with E-state index >= 15 is 0 Å². The molecule has 0 unspecified atom stereocenters. The van der Waals surface area contributed by atoms with E-state index in [4.69, 9.17) is 14.2 Å². The molecule has 0 aromatic carbocycles. The van der Waals surface area contributed by atoms with Crippen LogP contribution in [0.25, 0.3) is 0 Å². The number of hydrogen-bond donors (Lipinski definition) is 0. The highest BCUT2D eigenvalue weighted by atomic mass is 35.5. The van der Waals surface area contributed by atoms with Gasteiger partial charge in [-0.3, -0.25) is 14.2 Å². The van der Waals surface area contributed by atoms with Gasteiger partial charge in [0.1, 0.15) is 0 Å². The largest absolute Gasteiger partial charge is 1.00 e. The second-order valence-corrected chi connectivity index (χ2v) is 10.0. The molecule has 199 valence electrons. The third-order valence-corrected chi connectivity index (χ3v) is 7.35. The maximum absolute atomic E-state index is 5.96. The minimum Gasteiger partial charge on any atom is -1.00 e.